The first kappa shape index (κ1) is 30.4. The van der Waals surface area contributed by atoms with Gasteiger partial charge in [0.2, 0.25) is 5.91 Å². The fourth-order valence-electron chi connectivity index (χ4n) is 5.67. The van der Waals surface area contributed by atoms with Gasteiger partial charge < -0.3 is 10.5 Å². The zero-order chi connectivity index (χ0) is 31.1. The summed E-state index contributed by atoms with van der Waals surface area (Å²) in [5.74, 6) is 0.208. The van der Waals surface area contributed by atoms with Crippen molar-refractivity contribution in [3.05, 3.63) is 125 Å². The van der Waals surface area contributed by atoms with E-state index in [2.05, 4.69) is 12.1 Å². The van der Waals surface area contributed by atoms with Crippen LogP contribution in [-0.2, 0) is 16.0 Å². The maximum Gasteiger partial charge on any atom is 0.265 e. The van der Waals surface area contributed by atoms with Crippen LogP contribution in [0.5, 0.6) is 5.75 Å². The van der Waals surface area contributed by atoms with E-state index >= 15 is 0 Å². The molecule has 224 valence electrons. The second-order valence-corrected chi connectivity index (χ2v) is 11.1. The van der Waals surface area contributed by atoms with Crippen molar-refractivity contribution in [2.75, 3.05) is 6.61 Å². The molecule has 0 radical (unpaired) electrons. The van der Waals surface area contributed by atoms with Gasteiger partial charge in [-0.3, -0.25) is 19.0 Å². The maximum atomic E-state index is 13.8. The molecule has 4 aromatic carbocycles. The highest BCUT2D eigenvalue weighted by atomic mass is 16.5. The van der Waals surface area contributed by atoms with Crippen molar-refractivity contribution in [1.82, 2.24) is 9.55 Å². The topological polar surface area (TPSA) is 104 Å². The normalized spacial score (nSPS) is 12.5. The third-order valence-corrected chi connectivity index (χ3v) is 8.04. The van der Waals surface area contributed by atoms with Crippen molar-refractivity contribution in [1.29, 1.82) is 0 Å². The zero-order valence-electron chi connectivity index (χ0n) is 25.1. The molecule has 0 spiro atoms. The summed E-state index contributed by atoms with van der Waals surface area (Å²) >= 11 is 0. The van der Waals surface area contributed by atoms with E-state index in [1.54, 1.807) is 10.6 Å². The summed E-state index contributed by atoms with van der Waals surface area (Å²) < 4.78 is 7.20. The van der Waals surface area contributed by atoms with E-state index in [0.29, 0.717) is 47.6 Å². The lowest BCUT2D eigenvalue weighted by atomic mass is 9.84. The Hall–Kier alpha value is -5.04. The molecule has 7 heteroatoms. The van der Waals surface area contributed by atoms with Crippen LogP contribution in [0.4, 0.5) is 0 Å². The minimum absolute atomic E-state index is 0.0756. The number of aromatic nitrogens is 2. The predicted octanol–water partition coefficient (Wildman–Crippen LogP) is 6.64. The van der Waals surface area contributed by atoms with Crippen LogP contribution in [0.3, 0.4) is 0 Å². The molecule has 44 heavy (non-hydrogen) atoms. The molecule has 2 atom stereocenters. The van der Waals surface area contributed by atoms with Crippen molar-refractivity contribution >= 4 is 22.6 Å². The number of hydrogen-bond acceptors (Lipinski definition) is 5. The van der Waals surface area contributed by atoms with Crippen molar-refractivity contribution in [3.63, 3.8) is 0 Å². The quantitative estimate of drug-likeness (QED) is 0.166. The molecular weight excluding hydrogens is 550 g/mol. The summed E-state index contributed by atoms with van der Waals surface area (Å²) in [6, 6.07) is 32.6. The standard InChI is InChI=1S/C37H37N3O4/c1-3-44-32-21-18-30(19-22-32)40-36(39-34-12-8-7-11-33(34)37(40)43)25(2)29(24-35(38)42)17-20-31(41)23-26-13-15-28(16-14-26)27-9-5-4-6-10-27/h4-16,18-19,21-22,25,29H,3,17,20,23-24H2,1-2H3,(H2,38,42)/t25-,29?/m0/s1. The molecule has 1 amide bonds. The van der Waals surface area contributed by atoms with Crippen LogP contribution in [0.15, 0.2) is 108 Å². The largest absolute Gasteiger partial charge is 0.494 e. The van der Waals surface area contributed by atoms with Crippen molar-refractivity contribution in [2.45, 2.75) is 45.4 Å². The Bertz CT molecular complexity index is 1800. The lowest BCUT2D eigenvalue weighted by Gasteiger charge is -2.25. The van der Waals surface area contributed by atoms with Crippen LogP contribution < -0.4 is 16.0 Å². The molecule has 0 fully saturated rings. The summed E-state index contributed by atoms with van der Waals surface area (Å²) in [6.07, 6.45) is 1.10. The Kier molecular flexibility index (Phi) is 9.65. The molecular formula is C37H37N3O4. The second kappa shape index (κ2) is 14.0. The van der Waals surface area contributed by atoms with Gasteiger partial charge in [-0.25, -0.2) is 4.98 Å². The summed E-state index contributed by atoms with van der Waals surface area (Å²) in [7, 11) is 0. The number of para-hydroxylation sites is 1. The average molecular weight is 588 g/mol. The lowest BCUT2D eigenvalue weighted by molar-refractivity contribution is -0.121. The third kappa shape index (κ3) is 7.11. The van der Waals surface area contributed by atoms with Gasteiger partial charge >= 0.3 is 0 Å². The van der Waals surface area contributed by atoms with Gasteiger partial charge in [-0.15, -0.1) is 0 Å². The van der Waals surface area contributed by atoms with Crippen LogP contribution >= 0.6 is 0 Å². The molecule has 5 aromatic rings. The molecule has 0 aliphatic heterocycles. The van der Waals surface area contributed by atoms with Crippen LogP contribution in [-0.4, -0.2) is 27.8 Å². The number of Topliss-reactive ketones (excluding diaryl/α,β-unsaturated/α-hetero) is 1. The Morgan fingerprint density at radius 1 is 0.864 bits per heavy atom. The first-order chi connectivity index (χ1) is 21.3. The number of carbonyl (C=O) groups excluding carboxylic acids is 2. The van der Waals surface area contributed by atoms with Crippen LogP contribution in [0.2, 0.25) is 0 Å². The molecule has 0 saturated carbocycles. The van der Waals surface area contributed by atoms with Crippen molar-refractivity contribution < 1.29 is 14.3 Å². The summed E-state index contributed by atoms with van der Waals surface area (Å²) in [5.41, 5.74) is 9.87. The van der Waals surface area contributed by atoms with Crippen LogP contribution in [0.25, 0.3) is 27.7 Å². The molecule has 7 nitrogen and oxygen atoms in total. The lowest BCUT2D eigenvalue weighted by Crippen LogP contribution is -2.29. The van der Waals surface area contributed by atoms with E-state index in [9.17, 15) is 14.4 Å². The third-order valence-electron chi connectivity index (χ3n) is 8.04. The maximum absolute atomic E-state index is 13.8. The molecule has 0 bridgehead atoms. The van der Waals surface area contributed by atoms with Crippen LogP contribution in [0, 0.1) is 5.92 Å². The van der Waals surface area contributed by atoms with E-state index in [-0.39, 0.29) is 36.0 Å². The first-order valence-corrected chi connectivity index (χ1v) is 15.0. The Morgan fingerprint density at radius 3 is 2.20 bits per heavy atom. The molecule has 1 aromatic heterocycles. The molecule has 1 heterocycles. The second-order valence-electron chi connectivity index (χ2n) is 11.1. The van der Waals surface area contributed by atoms with Gasteiger partial charge in [0.15, 0.2) is 0 Å². The molecule has 5 rings (SSSR count). The Morgan fingerprint density at radius 2 is 1.52 bits per heavy atom. The number of rotatable bonds is 13. The number of ether oxygens (including phenoxy) is 1. The highest BCUT2D eigenvalue weighted by Crippen LogP contribution is 2.32. The minimum Gasteiger partial charge on any atom is -0.494 e. The summed E-state index contributed by atoms with van der Waals surface area (Å²) in [4.78, 5) is 44.1. The summed E-state index contributed by atoms with van der Waals surface area (Å²) in [6.45, 7) is 4.39. The van der Waals surface area contributed by atoms with E-state index in [1.807, 2.05) is 98.8 Å². The van der Waals surface area contributed by atoms with Gasteiger partial charge in [-0.05, 0) is 72.4 Å². The number of nitrogens with two attached hydrogens (primary N) is 1. The van der Waals surface area contributed by atoms with Crippen molar-refractivity contribution in [2.24, 2.45) is 11.7 Å². The van der Waals surface area contributed by atoms with Crippen molar-refractivity contribution in [3.8, 4) is 22.6 Å². The predicted molar refractivity (Wildman–Crippen MR) is 174 cm³/mol. The van der Waals surface area contributed by atoms with Gasteiger partial charge in [0, 0.05) is 25.2 Å². The smallest absolute Gasteiger partial charge is 0.265 e. The fraction of sp³-hybridized carbons (Fsp3) is 0.243. The van der Waals surface area contributed by atoms with Gasteiger partial charge in [-0.1, -0.05) is 73.7 Å². The highest BCUT2D eigenvalue weighted by molar-refractivity contribution is 5.81. The number of amides is 1. The average Bonchev–Trinajstić information content (AvgIpc) is 3.04. The number of ketones is 1. The Balaban J connectivity index is 1.39. The van der Waals surface area contributed by atoms with E-state index in [0.717, 1.165) is 16.7 Å². The molecule has 0 aliphatic rings. The number of nitrogens with zero attached hydrogens (tertiary/aromatic N) is 2. The number of carbonyl (C=O) groups is 2. The molecule has 1 unspecified atom stereocenters. The molecule has 0 saturated heterocycles. The van der Waals surface area contributed by atoms with E-state index < -0.39 is 5.91 Å². The number of primary amides is 1. The van der Waals surface area contributed by atoms with Gasteiger partial charge in [0.25, 0.3) is 5.56 Å². The SMILES string of the molecule is CCOc1ccc(-n2c([C@@H](C)C(CCC(=O)Cc3ccc(-c4ccccc4)cc3)CC(N)=O)nc3ccccc3c2=O)cc1. The molecule has 0 aliphatic carbocycles. The minimum atomic E-state index is -0.457. The highest BCUT2D eigenvalue weighted by Gasteiger charge is 2.27. The number of fused-ring (bicyclic) bond motifs is 1. The van der Waals surface area contributed by atoms with Crippen LogP contribution in [0.1, 0.15) is 50.4 Å². The van der Waals surface area contributed by atoms with Gasteiger partial charge in [0.05, 0.1) is 23.2 Å². The van der Waals surface area contributed by atoms with E-state index in [4.69, 9.17) is 15.5 Å². The van der Waals surface area contributed by atoms with Gasteiger partial charge in [0.1, 0.15) is 17.4 Å². The zero-order valence-corrected chi connectivity index (χ0v) is 25.1. The number of benzene rings is 4. The first-order valence-electron chi connectivity index (χ1n) is 15.0. The summed E-state index contributed by atoms with van der Waals surface area (Å²) in [5, 5.41) is 0.497. The van der Waals surface area contributed by atoms with E-state index in [1.165, 1.54) is 0 Å². The van der Waals surface area contributed by atoms with Gasteiger partial charge in [-0.2, -0.15) is 0 Å². The fourth-order valence-corrected chi connectivity index (χ4v) is 5.67. The number of hydrogen-bond donors (Lipinski definition) is 1. The Labute approximate surface area is 257 Å². The monoisotopic (exact) mass is 587 g/mol. The molecule has 2 N–H and O–H groups in total.